The number of hydrogen-bond acceptors (Lipinski definition) is 2. The number of fused-ring (bicyclic) bond motifs is 5. The van der Waals surface area contributed by atoms with Crippen molar-refractivity contribution in [3.63, 3.8) is 0 Å². The maximum absolute atomic E-state index is 12.6. The van der Waals surface area contributed by atoms with E-state index in [-0.39, 0.29) is 11.8 Å². The van der Waals surface area contributed by atoms with Crippen LogP contribution in [-0.4, -0.2) is 11.4 Å². The molecule has 4 atom stereocenters. The summed E-state index contributed by atoms with van der Waals surface area (Å²) in [5.74, 6) is 4.15. The van der Waals surface area contributed by atoms with Crippen LogP contribution >= 0.6 is 0 Å². The van der Waals surface area contributed by atoms with Crippen LogP contribution in [0.5, 0.6) is 0 Å². The molecule has 0 radical (unpaired) electrons. The molecule has 3 nitrogen and oxygen atoms in total. The van der Waals surface area contributed by atoms with Crippen LogP contribution in [0.3, 0.4) is 0 Å². The number of nitriles is 1. The van der Waals surface area contributed by atoms with E-state index in [2.05, 4.69) is 18.3 Å². The van der Waals surface area contributed by atoms with Crippen molar-refractivity contribution in [1.82, 2.24) is 5.32 Å². The number of hydrogen-bond donors (Lipinski definition) is 1. The van der Waals surface area contributed by atoms with Crippen molar-refractivity contribution >= 4 is 5.91 Å². The Morgan fingerprint density at radius 3 is 2.30 bits per heavy atom. The van der Waals surface area contributed by atoms with Gasteiger partial charge in [-0.3, -0.25) is 4.79 Å². The van der Waals surface area contributed by atoms with Crippen LogP contribution < -0.4 is 5.32 Å². The van der Waals surface area contributed by atoms with Crippen molar-refractivity contribution in [3.05, 3.63) is 0 Å². The van der Waals surface area contributed by atoms with E-state index in [1.54, 1.807) is 0 Å². The maximum Gasteiger partial charge on any atom is 0.224 e. The molecule has 0 aliphatic heterocycles. The molecule has 1 amide bonds. The molecule has 0 aromatic carbocycles. The summed E-state index contributed by atoms with van der Waals surface area (Å²) in [5, 5.41) is 12.7. The van der Waals surface area contributed by atoms with E-state index in [0.29, 0.717) is 17.8 Å². The first-order valence-corrected chi connectivity index (χ1v) is 8.37. The largest absolute Gasteiger partial charge is 0.338 e. The molecule has 4 rings (SSSR count). The molecule has 4 aliphatic rings. The number of rotatable bonds is 2. The lowest BCUT2D eigenvalue weighted by Gasteiger charge is -2.34. The van der Waals surface area contributed by atoms with Gasteiger partial charge in [-0.25, -0.2) is 0 Å². The number of carbonyl (C=O) groups excluding carboxylic acids is 1. The van der Waals surface area contributed by atoms with Crippen molar-refractivity contribution in [2.24, 2.45) is 35.5 Å². The molecule has 4 aliphatic carbocycles. The molecule has 0 spiro atoms. The van der Waals surface area contributed by atoms with Crippen LogP contribution in [0.4, 0.5) is 0 Å². The molecule has 20 heavy (non-hydrogen) atoms. The van der Waals surface area contributed by atoms with Gasteiger partial charge in [-0.2, -0.15) is 5.26 Å². The SMILES string of the molecule is CC1CCC(C#N)(NC(=O)C2C3C4CCC(C4)C23)CC1. The third-order valence-corrected chi connectivity index (χ3v) is 6.74. The average Bonchev–Trinajstić information content (AvgIpc) is 2.91. The molecule has 4 unspecified atom stereocenters. The Hall–Kier alpha value is -1.04. The number of amides is 1. The fourth-order valence-corrected chi connectivity index (χ4v) is 5.51. The van der Waals surface area contributed by atoms with E-state index in [4.69, 9.17) is 0 Å². The number of nitrogens with one attached hydrogen (secondary N) is 1. The molecule has 0 saturated heterocycles. The fourth-order valence-electron chi connectivity index (χ4n) is 5.51. The van der Waals surface area contributed by atoms with Crippen LogP contribution in [-0.2, 0) is 4.79 Å². The smallest absolute Gasteiger partial charge is 0.224 e. The highest BCUT2D eigenvalue weighted by Crippen LogP contribution is 2.69. The summed E-state index contributed by atoms with van der Waals surface area (Å²) in [5.41, 5.74) is -0.556. The van der Waals surface area contributed by atoms with Gasteiger partial charge < -0.3 is 5.32 Å². The first-order valence-electron chi connectivity index (χ1n) is 8.37. The van der Waals surface area contributed by atoms with Gasteiger partial charge in [0.25, 0.3) is 0 Å². The second kappa shape index (κ2) is 4.23. The van der Waals surface area contributed by atoms with E-state index < -0.39 is 5.54 Å². The summed E-state index contributed by atoms with van der Waals surface area (Å²) in [6.07, 6.45) is 7.87. The van der Waals surface area contributed by atoms with Crippen LogP contribution in [0, 0.1) is 46.8 Å². The first-order chi connectivity index (χ1) is 9.63. The lowest BCUT2D eigenvalue weighted by Crippen LogP contribution is -2.50. The molecular formula is C17H24N2O. The van der Waals surface area contributed by atoms with Gasteiger partial charge in [0, 0.05) is 5.92 Å². The standard InChI is InChI=1S/C17H24N2O/c1-10-4-6-17(9-18,7-5-10)19-16(20)15-13-11-2-3-12(8-11)14(13)15/h10-15H,2-8H2,1H3,(H,19,20). The van der Waals surface area contributed by atoms with Crippen molar-refractivity contribution in [2.45, 2.75) is 57.4 Å². The topological polar surface area (TPSA) is 52.9 Å². The molecule has 3 heteroatoms. The minimum atomic E-state index is -0.556. The Kier molecular flexibility index (Phi) is 2.68. The zero-order valence-electron chi connectivity index (χ0n) is 12.3. The van der Waals surface area contributed by atoms with Crippen LogP contribution in [0.15, 0.2) is 0 Å². The minimum absolute atomic E-state index is 0.202. The van der Waals surface area contributed by atoms with E-state index in [9.17, 15) is 10.1 Å². The quantitative estimate of drug-likeness (QED) is 0.840. The van der Waals surface area contributed by atoms with Gasteiger partial charge in [0.15, 0.2) is 0 Å². The minimum Gasteiger partial charge on any atom is -0.338 e. The fraction of sp³-hybridized carbons (Fsp3) is 0.882. The van der Waals surface area contributed by atoms with Gasteiger partial charge >= 0.3 is 0 Å². The third kappa shape index (κ3) is 1.73. The van der Waals surface area contributed by atoms with Crippen molar-refractivity contribution in [1.29, 1.82) is 5.26 Å². The summed E-state index contributed by atoms with van der Waals surface area (Å²) in [6, 6.07) is 2.42. The molecule has 0 heterocycles. The monoisotopic (exact) mass is 272 g/mol. The normalized spacial score (nSPS) is 52.2. The predicted octanol–water partition coefficient (Wildman–Crippen LogP) is 2.87. The van der Waals surface area contributed by atoms with Crippen molar-refractivity contribution in [2.75, 3.05) is 0 Å². The van der Waals surface area contributed by atoms with Crippen LogP contribution in [0.25, 0.3) is 0 Å². The van der Waals surface area contributed by atoms with Crippen molar-refractivity contribution < 1.29 is 4.79 Å². The Labute approximate surface area is 121 Å². The average molecular weight is 272 g/mol. The predicted molar refractivity (Wildman–Crippen MR) is 75.4 cm³/mol. The van der Waals surface area contributed by atoms with Gasteiger partial charge in [-0.15, -0.1) is 0 Å². The summed E-state index contributed by atoms with van der Waals surface area (Å²) in [4.78, 5) is 12.6. The highest BCUT2D eigenvalue weighted by atomic mass is 16.2. The third-order valence-electron chi connectivity index (χ3n) is 6.74. The molecular weight excluding hydrogens is 248 g/mol. The van der Waals surface area contributed by atoms with E-state index >= 15 is 0 Å². The molecule has 0 aromatic heterocycles. The van der Waals surface area contributed by atoms with Gasteiger partial charge in [-0.1, -0.05) is 6.92 Å². The Morgan fingerprint density at radius 1 is 1.15 bits per heavy atom. The van der Waals surface area contributed by atoms with E-state index in [1.807, 2.05) is 0 Å². The van der Waals surface area contributed by atoms with Crippen LogP contribution in [0.1, 0.15) is 51.9 Å². The van der Waals surface area contributed by atoms with E-state index in [1.165, 1.54) is 19.3 Å². The van der Waals surface area contributed by atoms with Gasteiger partial charge in [0.1, 0.15) is 5.54 Å². The summed E-state index contributed by atoms with van der Waals surface area (Å²) in [7, 11) is 0. The molecule has 108 valence electrons. The molecule has 2 bridgehead atoms. The number of carbonyl (C=O) groups is 1. The Morgan fingerprint density at radius 2 is 1.75 bits per heavy atom. The molecule has 4 saturated carbocycles. The van der Waals surface area contributed by atoms with Gasteiger partial charge in [0.05, 0.1) is 6.07 Å². The summed E-state index contributed by atoms with van der Waals surface area (Å²) in [6.45, 7) is 2.24. The highest BCUT2D eigenvalue weighted by Gasteiger charge is 2.67. The summed E-state index contributed by atoms with van der Waals surface area (Å²) < 4.78 is 0. The molecule has 1 N–H and O–H groups in total. The number of nitrogens with zero attached hydrogens (tertiary/aromatic N) is 1. The van der Waals surface area contributed by atoms with E-state index in [0.717, 1.165) is 37.5 Å². The zero-order valence-corrected chi connectivity index (χ0v) is 12.3. The van der Waals surface area contributed by atoms with Crippen molar-refractivity contribution in [3.8, 4) is 6.07 Å². The highest BCUT2D eigenvalue weighted by molar-refractivity contribution is 5.84. The Bertz CT molecular complexity index is 456. The Balaban J connectivity index is 1.42. The second-order valence-corrected chi connectivity index (χ2v) is 7.88. The first kappa shape index (κ1) is 12.7. The van der Waals surface area contributed by atoms with Gasteiger partial charge in [-0.05, 0) is 74.5 Å². The maximum atomic E-state index is 12.6. The zero-order chi connectivity index (χ0) is 13.9. The lowest BCUT2D eigenvalue weighted by molar-refractivity contribution is -0.125. The molecule has 4 fully saturated rings. The summed E-state index contributed by atoms with van der Waals surface area (Å²) >= 11 is 0. The second-order valence-electron chi connectivity index (χ2n) is 7.88. The molecule has 0 aromatic rings. The van der Waals surface area contributed by atoms with Crippen LogP contribution in [0.2, 0.25) is 0 Å². The lowest BCUT2D eigenvalue weighted by atomic mass is 9.78. The van der Waals surface area contributed by atoms with Gasteiger partial charge in [0.2, 0.25) is 5.91 Å².